The second-order valence-corrected chi connectivity index (χ2v) is 7.99. The molecule has 134 valence electrons. The second kappa shape index (κ2) is 8.88. The van der Waals surface area contributed by atoms with E-state index in [1.54, 1.807) is 0 Å². The standard InChI is InChI=1S/C18H37N5/c1-15-10-16(2)14-23(13-15)18(19-4)20-11-17(3)12-22-8-6-21(5)7-9-22/h15-17H,6-14H2,1-5H3,(H,19,20). The minimum Gasteiger partial charge on any atom is -0.356 e. The van der Waals surface area contributed by atoms with Crippen LogP contribution in [0.2, 0.25) is 0 Å². The molecular weight excluding hydrogens is 286 g/mol. The fourth-order valence-electron chi connectivity index (χ4n) is 3.97. The second-order valence-electron chi connectivity index (χ2n) is 7.99. The van der Waals surface area contributed by atoms with E-state index in [0.29, 0.717) is 5.92 Å². The molecule has 0 spiro atoms. The Kier molecular flexibility index (Phi) is 7.15. The molecule has 23 heavy (non-hydrogen) atoms. The fourth-order valence-corrected chi connectivity index (χ4v) is 3.97. The smallest absolute Gasteiger partial charge is 0.193 e. The molecule has 2 heterocycles. The van der Waals surface area contributed by atoms with Gasteiger partial charge >= 0.3 is 0 Å². The van der Waals surface area contributed by atoms with Crippen LogP contribution in [0.25, 0.3) is 0 Å². The molecule has 2 saturated heterocycles. The highest BCUT2D eigenvalue weighted by Crippen LogP contribution is 2.20. The molecule has 0 aromatic rings. The summed E-state index contributed by atoms with van der Waals surface area (Å²) in [7, 11) is 4.13. The maximum atomic E-state index is 4.52. The van der Waals surface area contributed by atoms with Crippen LogP contribution in [0.15, 0.2) is 4.99 Å². The third-order valence-electron chi connectivity index (χ3n) is 5.15. The van der Waals surface area contributed by atoms with Crippen LogP contribution >= 0.6 is 0 Å². The van der Waals surface area contributed by atoms with Gasteiger partial charge in [0.15, 0.2) is 5.96 Å². The number of piperidine rings is 1. The van der Waals surface area contributed by atoms with Crippen molar-refractivity contribution < 1.29 is 0 Å². The van der Waals surface area contributed by atoms with Crippen molar-refractivity contribution in [2.45, 2.75) is 27.2 Å². The SMILES string of the molecule is CN=C(NCC(C)CN1CCN(C)CC1)N1CC(C)CC(C)C1. The molecule has 2 rings (SSSR count). The van der Waals surface area contributed by atoms with Gasteiger partial charge in [-0.2, -0.15) is 0 Å². The molecule has 0 aromatic heterocycles. The zero-order valence-corrected chi connectivity index (χ0v) is 15.9. The number of rotatable bonds is 4. The summed E-state index contributed by atoms with van der Waals surface area (Å²) in [6.45, 7) is 16.3. The Morgan fingerprint density at radius 3 is 2.30 bits per heavy atom. The van der Waals surface area contributed by atoms with Crippen LogP contribution in [0.4, 0.5) is 0 Å². The van der Waals surface area contributed by atoms with Crippen molar-refractivity contribution in [2.75, 3.05) is 66.5 Å². The van der Waals surface area contributed by atoms with Gasteiger partial charge in [0.05, 0.1) is 0 Å². The molecule has 0 radical (unpaired) electrons. The number of likely N-dealkylation sites (N-methyl/N-ethyl adjacent to an activating group) is 1. The lowest BCUT2D eigenvalue weighted by atomic mass is 9.92. The summed E-state index contributed by atoms with van der Waals surface area (Å²) >= 11 is 0. The maximum Gasteiger partial charge on any atom is 0.193 e. The first kappa shape index (κ1) is 18.5. The van der Waals surface area contributed by atoms with Gasteiger partial charge in [0, 0.05) is 59.4 Å². The fraction of sp³-hybridized carbons (Fsp3) is 0.944. The van der Waals surface area contributed by atoms with Crippen LogP contribution < -0.4 is 5.32 Å². The zero-order chi connectivity index (χ0) is 16.8. The minimum atomic E-state index is 0.648. The van der Waals surface area contributed by atoms with Crippen molar-refractivity contribution in [2.24, 2.45) is 22.7 Å². The first-order valence-corrected chi connectivity index (χ1v) is 9.34. The molecule has 2 fully saturated rings. The summed E-state index contributed by atoms with van der Waals surface area (Å²) in [6.07, 6.45) is 1.34. The summed E-state index contributed by atoms with van der Waals surface area (Å²) in [5.74, 6) is 3.27. The third kappa shape index (κ3) is 5.96. The van der Waals surface area contributed by atoms with Gasteiger partial charge in [-0.15, -0.1) is 0 Å². The van der Waals surface area contributed by atoms with Gasteiger partial charge in [-0.05, 0) is 31.2 Å². The van der Waals surface area contributed by atoms with E-state index in [4.69, 9.17) is 0 Å². The highest BCUT2D eigenvalue weighted by molar-refractivity contribution is 5.80. The van der Waals surface area contributed by atoms with Crippen LogP contribution in [0.5, 0.6) is 0 Å². The normalized spacial score (nSPS) is 29.6. The van der Waals surface area contributed by atoms with E-state index >= 15 is 0 Å². The average Bonchev–Trinajstić information content (AvgIpc) is 2.49. The molecule has 3 atom stereocenters. The van der Waals surface area contributed by atoms with Crippen molar-refractivity contribution in [3.63, 3.8) is 0 Å². The third-order valence-corrected chi connectivity index (χ3v) is 5.15. The molecule has 2 aliphatic rings. The maximum absolute atomic E-state index is 4.52. The lowest BCUT2D eigenvalue weighted by molar-refractivity contribution is 0.139. The number of hydrogen-bond donors (Lipinski definition) is 1. The van der Waals surface area contributed by atoms with E-state index in [1.165, 1.54) is 39.1 Å². The van der Waals surface area contributed by atoms with E-state index in [2.05, 4.69) is 52.8 Å². The number of hydrogen-bond acceptors (Lipinski definition) is 3. The molecule has 0 bridgehead atoms. The van der Waals surface area contributed by atoms with Gasteiger partial charge in [0.2, 0.25) is 0 Å². The van der Waals surface area contributed by atoms with E-state index in [9.17, 15) is 0 Å². The summed E-state index contributed by atoms with van der Waals surface area (Å²) in [6, 6.07) is 0. The molecule has 5 heteroatoms. The van der Waals surface area contributed by atoms with Crippen LogP contribution in [-0.4, -0.2) is 87.1 Å². The molecule has 0 saturated carbocycles. The monoisotopic (exact) mass is 323 g/mol. The van der Waals surface area contributed by atoms with Gasteiger partial charge in [0.25, 0.3) is 0 Å². The van der Waals surface area contributed by atoms with Crippen LogP contribution in [-0.2, 0) is 0 Å². The van der Waals surface area contributed by atoms with Crippen LogP contribution in [0, 0.1) is 17.8 Å². The van der Waals surface area contributed by atoms with Gasteiger partial charge in [0.1, 0.15) is 0 Å². The number of likely N-dealkylation sites (tertiary alicyclic amines) is 1. The summed E-state index contributed by atoms with van der Waals surface area (Å²) in [5, 5.41) is 3.62. The Hall–Kier alpha value is -0.810. The molecule has 3 unspecified atom stereocenters. The summed E-state index contributed by atoms with van der Waals surface area (Å²) in [4.78, 5) is 12.0. The van der Waals surface area contributed by atoms with Gasteiger partial charge in [-0.3, -0.25) is 4.99 Å². The molecular formula is C18H37N5. The molecule has 1 N–H and O–H groups in total. The molecule has 0 aromatic carbocycles. The topological polar surface area (TPSA) is 34.1 Å². The first-order valence-electron chi connectivity index (χ1n) is 9.34. The van der Waals surface area contributed by atoms with Gasteiger partial charge in [-0.25, -0.2) is 0 Å². The van der Waals surface area contributed by atoms with Crippen molar-refractivity contribution >= 4 is 5.96 Å². The van der Waals surface area contributed by atoms with E-state index in [-0.39, 0.29) is 0 Å². The summed E-state index contributed by atoms with van der Waals surface area (Å²) in [5.41, 5.74) is 0. The Morgan fingerprint density at radius 1 is 1.13 bits per heavy atom. The van der Waals surface area contributed by atoms with Gasteiger partial charge < -0.3 is 20.0 Å². The predicted molar refractivity (Wildman–Crippen MR) is 99.0 cm³/mol. The number of guanidine groups is 1. The lowest BCUT2D eigenvalue weighted by Crippen LogP contribution is -2.50. The molecule has 2 aliphatic heterocycles. The first-order chi connectivity index (χ1) is 11.0. The predicted octanol–water partition coefficient (Wildman–Crippen LogP) is 1.42. The average molecular weight is 324 g/mol. The number of nitrogens with zero attached hydrogens (tertiary/aromatic N) is 4. The van der Waals surface area contributed by atoms with E-state index in [1.807, 2.05) is 7.05 Å². The highest BCUT2D eigenvalue weighted by atomic mass is 15.3. The molecule has 0 aliphatic carbocycles. The lowest BCUT2D eigenvalue weighted by Gasteiger charge is -2.38. The quantitative estimate of drug-likeness (QED) is 0.627. The molecule has 0 amide bonds. The summed E-state index contributed by atoms with van der Waals surface area (Å²) < 4.78 is 0. The largest absolute Gasteiger partial charge is 0.356 e. The van der Waals surface area contributed by atoms with Crippen molar-refractivity contribution in [1.29, 1.82) is 0 Å². The van der Waals surface area contributed by atoms with E-state index < -0.39 is 0 Å². The van der Waals surface area contributed by atoms with Crippen LogP contribution in [0.1, 0.15) is 27.2 Å². The minimum absolute atomic E-state index is 0.648. The zero-order valence-electron chi connectivity index (χ0n) is 15.9. The number of nitrogens with one attached hydrogen (secondary N) is 1. The van der Waals surface area contributed by atoms with Crippen molar-refractivity contribution in [3.8, 4) is 0 Å². The van der Waals surface area contributed by atoms with Gasteiger partial charge in [-0.1, -0.05) is 20.8 Å². The van der Waals surface area contributed by atoms with Crippen LogP contribution in [0.3, 0.4) is 0 Å². The van der Waals surface area contributed by atoms with Crippen molar-refractivity contribution in [1.82, 2.24) is 20.0 Å². The Bertz CT molecular complexity index is 366. The highest BCUT2D eigenvalue weighted by Gasteiger charge is 2.24. The van der Waals surface area contributed by atoms with E-state index in [0.717, 1.165) is 37.4 Å². The Balaban J connectivity index is 1.74. The number of aliphatic imine (C=N–C) groups is 1. The Morgan fingerprint density at radius 2 is 1.74 bits per heavy atom. The Labute approximate surface area is 143 Å². The van der Waals surface area contributed by atoms with Crippen molar-refractivity contribution in [3.05, 3.63) is 0 Å². The molecule has 5 nitrogen and oxygen atoms in total. The number of piperazine rings is 1.